The Morgan fingerprint density at radius 1 is 1.30 bits per heavy atom. The molecule has 4 N–H and O–H groups in total. The van der Waals surface area contributed by atoms with Crippen molar-refractivity contribution in [3.05, 3.63) is 53.3 Å². The maximum absolute atomic E-state index is 12.9. The lowest BCUT2D eigenvalue weighted by Gasteiger charge is -2.29. The lowest BCUT2D eigenvalue weighted by Crippen LogP contribution is -2.52. The van der Waals surface area contributed by atoms with E-state index in [1.807, 2.05) is 31.3 Å². The van der Waals surface area contributed by atoms with E-state index in [1.165, 1.54) is 0 Å². The number of aromatic nitrogens is 2. The molecule has 4 rings (SSSR count). The topological polar surface area (TPSA) is 122 Å². The van der Waals surface area contributed by atoms with Crippen LogP contribution < -0.4 is 16.4 Å². The summed E-state index contributed by atoms with van der Waals surface area (Å²) in [5, 5.41) is 9.92. The molecule has 2 aromatic rings. The Bertz CT molecular complexity index is 969. The maximum atomic E-state index is 12.9. The molecule has 0 aliphatic carbocycles. The third-order valence-corrected chi connectivity index (χ3v) is 5.61. The SMILES string of the molecule is CC(N)(CNCc1cccc2c1CN(C1CCC(=O)NC1=O)C2=O)Cn1cccn1. The Balaban J connectivity index is 1.41. The number of carbonyl (C=O) groups is 3. The zero-order valence-corrected chi connectivity index (χ0v) is 16.9. The summed E-state index contributed by atoms with van der Waals surface area (Å²) >= 11 is 0. The van der Waals surface area contributed by atoms with Crippen molar-refractivity contribution in [1.29, 1.82) is 0 Å². The van der Waals surface area contributed by atoms with Crippen molar-refractivity contribution in [2.75, 3.05) is 6.54 Å². The Morgan fingerprint density at radius 3 is 2.87 bits per heavy atom. The molecular weight excluding hydrogens is 384 g/mol. The van der Waals surface area contributed by atoms with Crippen LogP contribution in [0.3, 0.4) is 0 Å². The van der Waals surface area contributed by atoms with Gasteiger partial charge in [0.1, 0.15) is 6.04 Å². The summed E-state index contributed by atoms with van der Waals surface area (Å²) in [7, 11) is 0. The van der Waals surface area contributed by atoms with E-state index in [4.69, 9.17) is 5.73 Å². The predicted molar refractivity (Wildman–Crippen MR) is 109 cm³/mol. The van der Waals surface area contributed by atoms with E-state index in [2.05, 4.69) is 15.7 Å². The van der Waals surface area contributed by atoms with Gasteiger partial charge in [0.05, 0.1) is 6.54 Å². The zero-order chi connectivity index (χ0) is 21.3. The zero-order valence-electron chi connectivity index (χ0n) is 16.9. The second-order valence-corrected chi connectivity index (χ2v) is 8.30. The molecule has 1 saturated heterocycles. The summed E-state index contributed by atoms with van der Waals surface area (Å²) in [6.45, 7) is 4.05. The highest BCUT2D eigenvalue weighted by Crippen LogP contribution is 2.29. The van der Waals surface area contributed by atoms with Gasteiger partial charge in [0, 0.05) is 49.6 Å². The molecule has 0 saturated carbocycles. The molecule has 0 radical (unpaired) electrons. The second-order valence-electron chi connectivity index (χ2n) is 8.30. The fourth-order valence-electron chi connectivity index (χ4n) is 4.12. The second kappa shape index (κ2) is 8.00. The van der Waals surface area contributed by atoms with Gasteiger partial charge in [0.2, 0.25) is 11.8 Å². The van der Waals surface area contributed by atoms with Gasteiger partial charge in [0.15, 0.2) is 0 Å². The Morgan fingerprint density at radius 2 is 2.13 bits per heavy atom. The molecule has 30 heavy (non-hydrogen) atoms. The van der Waals surface area contributed by atoms with Crippen LogP contribution in [0.1, 0.15) is 41.3 Å². The highest BCUT2D eigenvalue weighted by molar-refractivity contribution is 6.05. The largest absolute Gasteiger partial charge is 0.323 e. The number of carbonyl (C=O) groups excluding carboxylic acids is 3. The maximum Gasteiger partial charge on any atom is 0.255 e. The highest BCUT2D eigenvalue weighted by atomic mass is 16.2. The minimum atomic E-state index is -0.607. The number of amides is 3. The number of nitrogens with zero attached hydrogens (tertiary/aromatic N) is 3. The molecule has 2 unspecified atom stereocenters. The van der Waals surface area contributed by atoms with Crippen LogP contribution in [0.2, 0.25) is 0 Å². The van der Waals surface area contributed by atoms with Gasteiger partial charge >= 0.3 is 0 Å². The molecule has 1 fully saturated rings. The molecule has 2 atom stereocenters. The standard InChI is InChI=1S/C21H26N6O3/c1-21(22,13-26-9-3-8-24-26)12-23-10-14-4-2-5-15-16(14)11-27(20(15)30)17-6-7-18(28)25-19(17)29/h2-5,8-9,17,23H,6-7,10-13,22H2,1H3,(H,25,28,29). The number of benzene rings is 1. The lowest BCUT2D eigenvalue weighted by molar-refractivity contribution is -0.136. The third kappa shape index (κ3) is 4.12. The summed E-state index contributed by atoms with van der Waals surface area (Å²) in [4.78, 5) is 38.1. The first-order chi connectivity index (χ1) is 14.3. The molecule has 158 valence electrons. The van der Waals surface area contributed by atoms with Crippen LogP contribution in [-0.4, -0.2) is 50.5 Å². The Kier molecular flexibility index (Phi) is 5.40. The van der Waals surface area contributed by atoms with Crippen LogP contribution in [0, 0.1) is 0 Å². The number of hydrogen-bond donors (Lipinski definition) is 3. The van der Waals surface area contributed by atoms with Gasteiger partial charge in [-0.1, -0.05) is 12.1 Å². The quantitative estimate of drug-likeness (QED) is 0.559. The van der Waals surface area contributed by atoms with E-state index in [0.717, 1.165) is 11.1 Å². The summed E-state index contributed by atoms with van der Waals surface area (Å²) in [5.41, 5.74) is 8.45. The molecule has 0 bridgehead atoms. The average molecular weight is 410 g/mol. The van der Waals surface area contributed by atoms with E-state index >= 15 is 0 Å². The normalized spacial score (nSPS) is 20.8. The number of piperidine rings is 1. The summed E-state index contributed by atoms with van der Waals surface area (Å²) in [6.07, 6.45) is 4.21. The van der Waals surface area contributed by atoms with Crippen LogP contribution in [0.25, 0.3) is 0 Å². The monoisotopic (exact) mass is 410 g/mol. The van der Waals surface area contributed by atoms with Crippen molar-refractivity contribution in [2.45, 2.75) is 51.0 Å². The molecule has 9 heteroatoms. The number of nitrogens with one attached hydrogen (secondary N) is 2. The van der Waals surface area contributed by atoms with E-state index in [1.54, 1.807) is 21.8 Å². The van der Waals surface area contributed by atoms with E-state index in [9.17, 15) is 14.4 Å². The smallest absolute Gasteiger partial charge is 0.255 e. The number of hydrogen-bond acceptors (Lipinski definition) is 6. The average Bonchev–Trinajstić information content (AvgIpc) is 3.30. The third-order valence-electron chi connectivity index (χ3n) is 5.61. The van der Waals surface area contributed by atoms with Gasteiger partial charge in [-0.05, 0) is 36.6 Å². The summed E-state index contributed by atoms with van der Waals surface area (Å²) in [5.74, 6) is -0.849. The molecule has 1 aromatic carbocycles. The molecule has 0 spiro atoms. The molecule has 1 aromatic heterocycles. The predicted octanol–water partition coefficient (Wildman–Crippen LogP) is 0.151. The van der Waals surface area contributed by atoms with E-state index < -0.39 is 17.5 Å². The number of fused-ring (bicyclic) bond motifs is 1. The minimum absolute atomic E-state index is 0.163. The summed E-state index contributed by atoms with van der Waals surface area (Å²) < 4.78 is 1.80. The first-order valence-electron chi connectivity index (χ1n) is 10.1. The van der Waals surface area contributed by atoms with Crippen molar-refractivity contribution in [2.24, 2.45) is 5.73 Å². The van der Waals surface area contributed by atoms with Crippen molar-refractivity contribution < 1.29 is 14.4 Å². The van der Waals surface area contributed by atoms with Crippen LogP contribution in [0.4, 0.5) is 0 Å². The first kappa shape index (κ1) is 20.2. The van der Waals surface area contributed by atoms with E-state index in [0.29, 0.717) is 38.2 Å². The Labute approximate surface area is 174 Å². The van der Waals surface area contributed by atoms with Crippen molar-refractivity contribution in [1.82, 2.24) is 25.3 Å². The molecule has 2 aliphatic rings. The first-order valence-corrected chi connectivity index (χ1v) is 10.1. The molecule has 2 aliphatic heterocycles. The van der Waals surface area contributed by atoms with Gasteiger partial charge in [-0.25, -0.2) is 0 Å². The van der Waals surface area contributed by atoms with Crippen molar-refractivity contribution in [3.63, 3.8) is 0 Å². The molecule has 9 nitrogen and oxygen atoms in total. The number of rotatable bonds is 7. The van der Waals surface area contributed by atoms with Crippen LogP contribution in [0.5, 0.6) is 0 Å². The van der Waals surface area contributed by atoms with Crippen molar-refractivity contribution in [3.8, 4) is 0 Å². The highest BCUT2D eigenvalue weighted by Gasteiger charge is 2.39. The van der Waals surface area contributed by atoms with Crippen LogP contribution >= 0.6 is 0 Å². The minimum Gasteiger partial charge on any atom is -0.323 e. The molecule has 3 amide bonds. The Hall–Kier alpha value is -3.04. The van der Waals surface area contributed by atoms with Gasteiger partial charge in [-0.3, -0.25) is 24.4 Å². The van der Waals surface area contributed by atoms with Gasteiger partial charge in [-0.15, -0.1) is 0 Å². The number of imide groups is 1. The van der Waals surface area contributed by atoms with Gasteiger partial charge in [0.25, 0.3) is 5.91 Å². The van der Waals surface area contributed by atoms with Crippen LogP contribution in [0.15, 0.2) is 36.7 Å². The van der Waals surface area contributed by atoms with Crippen LogP contribution in [-0.2, 0) is 29.2 Å². The fourth-order valence-corrected chi connectivity index (χ4v) is 4.12. The molecule has 3 heterocycles. The lowest BCUT2D eigenvalue weighted by atomic mass is 10.0. The fraction of sp³-hybridized carbons (Fsp3) is 0.429. The van der Waals surface area contributed by atoms with Gasteiger partial charge < -0.3 is 16.0 Å². The van der Waals surface area contributed by atoms with Gasteiger partial charge in [-0.2, -0.15) is 5.10 Å². The van der Waals surface area contributed by atoms with Crippen molar-refractivity contribution >= 4 is 17.7 Å². The molecular formula is C21H26N6O3. The summed E-state index contributed by atoms with van der Waals surface area (Å²) in [6, 6.07) is 6.88. The van der Waals surface area contributed by atoms with E-state index in [-0.39, 0.29) is 18.2 Å². The number of nitrogens with two attached hydrogens (primary N) is 1.